The Morgan fingerprint density at radius 2 is 2.16 bits per heavy atom. The molecule has 0 aliphatic carbocycles. The summed E-state index contributed by atoms with van der Waals surface area (Å²) in [7, 11) is 0. The summed E-state index contributed by atoms with van der Waals surface area (Å²) in [6, 6.07) is 0. The lowest BCUT2D eigenvalue weighted by Gasteiger charge is -2.39. The summed E-state index contributed by atoms with van der Waals surface area (Å²) < 4.78 is 1.80. The molecule has 0 saturated carbocycles. The Kier molecular flexibility index (Phi) is 4.21. The van der Waals surface area contributed by atoms with Crippen molar-refractivity contribution in [3.05, 3.63) is 12.4 Å². The van der Waals surface area contributed by atoms with Crippen LogP contribution in [0.25, 0.3) is 0 Å². The molecule has 2 rings (SSSR count). The van der Waals surface area contributed by atoms with Gasteiger partial charge in [-0.15, -0.1) is 0 Å². The number of carbonyl (C=O) groups excluding carboxylic acids is 1. The number of carbonyl (C=O) groups is 1. The molecule has 0 unspecified atom stereocenters. The van der Waals surface area contributed by atoms with Crippen LogP contribution in [0.4, 0.5) is 5.69 Å². The lowest BCUT2D eigenvalue weighted by atomic mass is 10.0. The summed E-state index contributed by atoms with van der Waals surface area (Å²) in [4.78, 5) is 14.6. The van der Waals surface area contributed by atoms with E-state index in [0.717, 1.165) is 38.4 Å². The molecule has 1 fully saturated rings. The zero-order valence-electron chi connectivity index (χ0n) is 11.9. The van der Waals surface area contributed by atoms with Crippen molar-refractivity contribution in [3.63, 3.8) is 0 Å². The Balaban J connectivity index is 2.00. The fourth-order valence-corrected chi connectivity index (χ4v) is 2.25. The molecule has 0 atom stereocenters. The van der Waals surface area contributed by atoms with Gasteiger partial charge in [0.05, 0.1) is 17.4 Å². The fourth-order valence-electron chi connectivity index (χ4n) is 2.25. The van der Waals surface area contributed by atoms with Gasteiger partial charge in [-0.25, -0.2) is 0 Å². The summed E-state index contributed by atoms with van der Waals surface area (Å²) in [5.41, 5.74) is 0.256. The van der Waals surface area contributed by atoms with Gasteiger partial charge >= 0.3 is 0 Å². The Morgan fingerprint density at radius 1 is 1.47 bits per heavy atom. The molecule has 1 amide bonds. The Labute approximate surface area is 114 Å². The van der Waals surface area contributed by atoms with Crippen molar-refractivity contribution in [1.29, 1.82) is 0 Å². The average molecular weight is 265 g/mol. The van der Waals surface area contributed by atoms with E-state index in [0.29, 0.717) is 0 Å². The van der Waals surface area contributed by atoms with Gasteiger partial charge < -0.3 is 10.6 Å². The second-order valence-corrected chi connectivity index (χ2v) is 5.33. The van der Waals surface area contributed by atoms with Crippen LogP contribution < -0.4 is 10.6 Å². The molecule has 19 heavy (non-hydrogen) atoms. The third-order valence-electron chi connectivity index (χ3n) is 3.68. The Bertz CT molecular complexity index is 434. The number of amides is 1. The van der Waals surface area contributed by atoms with E-state index in [-0.39, 0.29) is 5.91 Å². The standard InChI is InChI=1S/C13H23N5O/c1-4-18-10-11(9-15-18)16-12(19)13(2,3)17-7-5-14-6-8-17/h9-10,14H,4-8H2,1-3H3,(H,16,19). The minimum Gasteiger partial charge on any atom is -0.322 e. The van der Waals surface area contributed by atoms with Gasteiger partial charge in [0.1, 0.15) is 0 Å². The molecule has 6 nitrogen and oxygen atoms in total. The molecular weight excluding hydrogens is 242 g/mol. The van der Waals surface area contributed by atoms with Crippen molar-refractivity contribution in [2.45, 2.75) is 32.9 Å². The maximum absolute atomic E-state index is 12.4. The van der Waals surface area contributed by atoms with Crippen molar-refractivity contribution >= 4 is 11.6 Å². The number of nitrogens with one attached hydrogen (secondary N) is 2. The zero-order valence-corrected chi connectivity index (χ0v) is 11.9. The predicted molar refractivity (Wildman–Crippen MR) is 75.1 cm³/mol. The second kappa shape index (κ2) is 5.71. The van der Waals surface area contributed by atoms with E-state index in [9.17, 15) is 4.79 Å². The van der Waals surface area contributed by atoms with Crippen LogP contribution in [0, 0.1) is 0 Å². The number of aryl methyl sites for hydroxylation is 1. The van der Waals surface area contributed by atoms with Gasteiger partial charge in [0.25, 0.3) is 0 Å². The van der Waals surface area contributed by atoms with Crippen LogP contribution in [0.15, 0.2) is 12.4 Å². The van der Waals surface area contributed by atoms with Crippen LogP contribution in [-0.2, 0) is 11.3 Å². The maximum Gasteiger partial charge on any atom is 0.244 e. The van der Waals surface area contributed by atoms with Gasteiger partial charge in [-0.3, -0.25) is 14.4 Å². The summed E-state index contributed by atoms with van der Waals surface area (Å²) >= 11 is 0. The predicted octanol–water partition coefficient (Wildman–Crippen LogP) is 0.525. The normalized spacial score (nSPS) is 17.4. The van der Waals surface area contributed by atoms with Crippen molar-refractivity contribution in [2.75, 3.05) is 31.5 Å². The third-order valence-corrected chi connectivity index (χ3v) is 3.68. The van der Waals surface area contributed by atoms with Crippen molar-refractivity contribution in [2.24, 2.45) is 0 Å². The largest absolute Gasteiger partial charge is 0.322 e. The van der Waals surface area contributed by atoms with Gasteiger partial charge in [-0.2, -0.15) is 5.10 Å². The summed E-state index contributed by atoms with van der Waals surface area (Å²) in [6.07, 6.45) is 3.54. The van der Waals surface area contributed by atoms with E-state index in [1.54, 1.807) is 10.9 Å². The van der Waals surface area contributed by atoms with Crippen molar-refractivity contribution in [3.8, 4) is 0 Å². The number of anilines is 1. The summed E-state index contributed by atoms with van der Waals surface area (Å²) in [5, 5.41) is 10.4. The van der Waals surface area contributed by atoms with E-state index in [1.165, 1.54) is 0 Å². The molecule has 0 bridgehead atoms. The molecule has 0 aromatic carbocycles. The number of nitrogens with zero attached hydrogens (tertiary/aromatic N) is 3. The number of rotatable bonds is 4. The number of hydrogen-bond acceptors (Lipinski definition) is 4. The summed E-state index contributed by atoms with van der Waals surface area (Å²) in [5.74, 6) is 0.0186. The molecule has 2 heterocycles. The van der Waals surface area contributed by atoms with Crippen LogP contribution in [0.3, 0.4) is 0 Å². The first-order valence-electron chi connectivity index (χ1n) is 6.83. The van der Waals surface area contributed by atoms with E-state index in [2.05, 4.69) is 20.6 Å². The van der Waals surface area contributed by atoms with Crippen LogP contribution in [0.1, 0.15) is 20.8 Å². The van der Waals surface area contributed by atoms with Gasteiger partial charge in [0.2, 0.25) is 5.91 Å². The molecule has 0 spiro atoms. The molecular formula is C13H23N5O. The van der Waals surface area contributed by atoms with Gasteiger partial charge in [-0.1, -0.05) is 0 Å². The second-order valence-electron chi connectivity index (χ2n) is 5.33. The van der Waals surface area contributed by atoms with Crippen molar-refractivity contribution in [1.82, 2.24) is 20.0 Å². The highest BCUT2D eigenvalue weighted by molar-refractivity contribution is 5.97. The third kappa shape index (κ3) is 3.13. The van der Waals surface area contributed by atoms with E-state index >= 15 is 0 Å². The van der Waals surface area contributed by atoms with E-state index in [1.807, 2.05) is 27.0 Å². The molecule has 0 radical (unpaired) electrons. The average Bonchev–Trinajstić information content (AvgIpc) is 2.87. The zero-order chi connectivity index (χ0) is 13.9. The van der Waals surface area contributed by atoms with Gasteiger partial charge in [0, 0.05) is 38.9 Å². The maximum atomic E-state index is 12.4. The highest BCUT2D eigenvalue weighted by Crippen LogP contribution is 2.18. The molecule has 1 aliphatic heterocycles. The molecule has 1 aliphatic rings. The highest BCUT2D eigenvalue weighted by atomic mass is 16.2. The lowest BCUT2D eigenvalue weighted by Crippen LogP contribution is -2.58. The van der Waals surface area contributed by atoms with Crippen LogP contribution in [0.2, 0.25) is 0 Å². The molecule has 106 valence electrons. The highest BCUT2D eigenvalue weighted by Gasteiger charge is 2.35. The fraction of sp³-hybridized carbons (Fsp3) is 0.692. The van der Waals surface area contributed by atoms with Crippen molar-refractivity contribution < 1.29 is 4.79 Å². The van der Waals surface area contributed by atoms with Crippen LogP contribution in [0.5, 0.6) is 0 Å². The molecule has 2 N–H and O–H groups in total. The lowest BCUT2D eigenvalue weighted by molar-refractivity contribution is -0.126. The quantitative estimate of drug-likeness (QED) is 0.833. The molecule has 6 heteroatoms. The minimum atomic E-state index is -0.504. The van der Waals surface area contributed by atoms with Gasteiger partial charge in [-0.05, 0) is 20.8 Å². The molecule has 1 aromatic heterocycles. The van der Waals surface area contributed by atoms with Gasteiger partial charge in [0.15, 0.2) is 0 Å². The van der Waals surface area contributed by atoms with E-state index in [4.69, 9.17) is 0 Å². The summed E-state index contributed by atoms with van der Waals surface area (Å²) in [6.45, 7) is 10.4. The molecule has 1 aromatic rings. The Morgan fingerprint density at radius 3 is 2.74 bits per heavy atom. The minimum absolute atomic E-state index is 0.0186. The topological polar surface area (TPSA) is 62.2 Å². The molecule has 1 saturated heterocycles. The first-order valence-corrected chi connectivity index (χ1v) is 6.83. The number of piperazine rings is 1. The smallest absolute Gasteiger partial charge is 0.244 e. The first-order chi connectivity index (χ1) is 9.04. The van der Waals surface area contributed by atoms with E-state index < -0.39 is 5.54 Å². The monoisotopic (exact) mass is 265 g/mol. The Hall–Kier alpha value is -1.40. The first kappa shape index (κ1) is 14.0. The SMILES string of the molecule is CCn1cc(NC(=O)C(C)(C)N2CCNCC2)cn1. The van der Waals surface area contributed by atoms with Crippen LogP contribution >= 0.6 is 0 Å². The van der Waals surface area contributed by atoms with Crippen LogP contribution in [-0.4, -0.2) is 52.3 Å². The number of hydrogen-bond donors (Lipinski definition) is 2. The number of aromatic nitrogens is 2.